The summed E-state index contributed by atoms with van der Waals surface area (Å²) in [5.41, 5.74) is 8.28. The molecule has 1 aromatic rings. The van der Waals surface area contributed by atoms with Crippen molar-refractivity contribution in [3.05, 3.63) is 35.4 Å². The average molecular weight is 348 g/mol. The van der Waals surface area contributed by atoms with E-state index in [2.05, 4.69) is 41.4 Å². The van der Waals surface area contributed by atoms with E-state index in [9.17, 15) is 4.79 Å². The van der Waals surface area contributed by atoms with E-state index < -0.39 is 0 Å². The summed E-state index contributed by atoms with van der Waals surface area (Å²) in [5, 5.41) is 3.00. The Bertz CT molecular complexity index is 457. The predicted octanol–water partition coefficient (Wildman–Crippen LogP) is 2.13. The Morgan fingerprint density at radius 1 is 1.32 bits per heavy atom. The zero-order valence-corrected chi connectivity index (χ0v) is 14.7. The Kier molecular flexibility index (Phi) is 10.4. The molecule has 2 rings (SSSR count). The van der Waals surface area contributed by atoms with Gasteiger partial charge >= 0.3 is 0 Å². The molecule has 0 aromatic heterocycles. The molecule has 4 nitrogen and oxygen atoms in total. The van der Waals surface area contributed by atoms with Gasteiger partial charge < -0.3 is 11.1 Å². The van der Waals surface area contributed by atoms with Crippen molar-refractivity contribution in [3.8, 4) is 0 Å². The lowest BCUT2D eigenvalue weighted by Crippen LogP contribution is -2.44. The van der Waals surface area contributed by atoms with Gasteiger partial charge in [0, 0.05) is 32.1 Å². The molecule has 1 aliphatic rings. The molecule has 3 N–H and O–H groups in total. The van der Waals surface area contributed by atoms with Crippen molar-refractivity contribution < 1.29 is 4.79 Å². The van der Waals surface area contributed by atoms with E-state index in [1.165, 1.54) is 11.1 Å². The van der Waals surface area contributed by atoms with E-state index in [-0.39, 0.29) is 30.7 Å². The number of rotatable bonds is 6. The third-order valence-corrected chi connectivity index (χ3v) is 3.99. The van der Waals surface area contributed by atoms with Gasteiger partial charge in [-0.15, -0.1) is 24.8 Å². The lowest BCUT2D eigenvalue weighted by Gasteiger charge is -2.33. The van der Waals surface area contributed by atoms with Crippen LogP contribution in [-0.2, 0) is 17.8 Å². The number of amides is 1. The number of nitrogens with one attached hydrogen (secondary N) is 1. The number of halogens is 2. The first-order valence-corrected chi connectivity index (χ1v) is 7.48. The molecule has 126 valence electrons. The van der Waals surface area contributed by atoms with Crippen LogP contribution in [0.3, 0.4) is 0 Å². The minimum atomic E-state index is 0. The second kappa shape index (κ2) is 10.8. The summed E-state index contributed by atoms with van der Waals surface area (Å²) in [7, 11) is 0. The van der Waals surface area contributed by atoms with Gasteiger partial charge in [-0.3, -0.25) is 9.69 Å². The Hall–Kier alpha value is -0.810. The van der Waals surface area contributed by atoms with Crippen LogP contribution in [0.5, 0.6) is 0 Å². The van der Waals surface area contributed by atoms with Crippen LogP contribution >= 0.6 is 24.8 Å². The van der Waals surface area contributed by atoms with Gasteiger partial charge in [0.1, 0.15) is 0 Å². The van der Waals surface area contributed by atoms with Gasteiger partial charge in [-0.25, -0.2) is 0 Å². The number of nitrogens with zero attached hydrogens (tertiary/aromatic N) is 1. The highest BCUT2D eigenvalue weighted by Gasteiger charge is 2.20. The molecule has 0 bridgehead atoms. The van der Waals surface area contributed by atoms with E-state index >= 15 is 0 Å². The molecule has 22 heavy (non-hydrogen) atoms. The highest BCUT2D eigenvalue weighted by Crippen LogP contribution is 2.19. The number of hydrogen-bond donors (Lipinski definition) is 2. The summed E-state index contributed by atoms with van der Waals surface area (Å²) in [6.07, 6.45) is 2.39. The molecule has 0 saturated heterocycles. The molecule has 0 saturated carbocycles. The zero-order valence-electron chi connectivity index (χ0n) is 13.1. The second-order valence-corrected chi connectivity index (χ2v) is 5.53. The summed E-state index contributed by atoms with van der Waals surface area (Å²) in [4.78, 5) is 14.0. The van der Waals surface area contributed by atoms with Crippen molar-refractivity contribution in [2.24, 2.45) is 5.73 Å². The Morgan fingerprint density at radius 3 is 2.68 bits per heavy atom. The molecule has 1 heterocycles. The van der Waals surface area contributed by atoms with Crippen LogP contribution in [-0.4, -0.2) is 36.5 Å². The normalized spacial score (nSPS) is 15.0. The van der Waals surface area contributed by atoms with Gasteiger partial charge in [-0.05, 0) is 37.4 Å². The third-order valence-electron chi connectivity index (χ3n) is 3.99. The van der Waals surface area contributed by atoms with Crippen LogP contribution in [0.25, 0.3) is 0 Å². The number of hydrogen-bond acceptors (Lipinski definition) is 3. The average Bonchev–Trinajstić information content (AvgIpc) is 2.50. The van der Waals surface area contributed by atoms with Crippen LogP contribution in [0.1, 0.15) is 30.9 Å². The smallest absolute Gasteiger partial charge is 0.220 e. The van der Waals surface area contributed by atoms with Gasteiger partial charge in [-0.1, -0.05) is 24.3 Å². The van der Waals surface area contributed by atoms with Crippen molar-refractivity contribution in [1.29, 1.82) is 0 Å². The van der Waals surface area contributed by atoms with Crippen molar-refractivity contribution in [2.75, 3.05) is 19.6 Å². The van der Waals surface area contributed by atoms with Crippen molar-refractivity contribution in [3.63, 3.8) is 0 Å². The van der Waals surface area contributed by atoms with Gasteiger partial charge in [0.25, 0.3) is 0 Å². The number of fused-ring (bicyclic) bond motifs is 1. The van der Waals surface area contributed by atoms with Crippen LogP contribution in [0.15, 0.2) is 24.3 Å². The first-order valence-electron chi connectivity index (χ1n) is 7.48. The van der Waals surface area contributed by atoms with E-state index in [4.69, 9.17) is 5.73 Å². The second-order valence-electron chi connectivity index (χ2n) is 5.53. The van der Waals surface area contributed by atoms with E-state index in [0.717, 1.165) is 25.9 Å². The summed E-state index contributed by atoms with van der Waals surface area (Å²) in [6.45, 7) is 5.52. The third kappa shape index (κ3) is 6.13. The van der Waals surface area contributed by atoms with E-state index in [1.54, 1.807) is 0 Å². The van der Waals surface area contributed by atoms with Crippen LogP contribution in [0.2, 0.25) is 0 Å². The Labute approximate surface area is 145 Å². The minimum absolute atomic E-state index is 0. The molecule has 0 spiro atoms. The molecule has 0 radical (unpaired) electrons. The number of nitrogens with two attached hydrogens (primary N) is 1. The molecule has 1 aromatic carbocycles. The fraction of sp³-hybridized carbons (Fsp3) is 0.562. The fourth-order valence-corrected chi connectivity index (χ4v) is 2.64. The molecular formula is C16H27Cl2N3O. The first-order chi connectivity index (χ1) is 9.70. The van der Waals surface area contributed by atoms with Crippen LogP contribution < -0.4 is 11.1 Å². The van der Waals surface area contributed by atoms with Gasteiger partial charge in [0.15, 0.2) is 0 Å². The van der Waals surface area contributed by atoms with Gasteiger partial charge in [0.05, 0.1) is 0 Å². The molecular weight excluding hydrogens is 321 g/mol. The van der Waals surface area contributed by atoms with Crippen LogP contribution in [0, 0.1) is 0 Å². The molecule has 0 fully saturated rings. The predicted molar refractivity (Wildman–Crippen MR) is 95.8 cm³/mol. The highest BCUT2D eigenvalue weighted by atomic mass is 35.5. The molecule has 1 unspecified atom stereocenters. The van der Waals surface area contributed by atoms with Crippen molar-refractivity contribution >= 4 is 30.7 Å². The monoisotopic (exact) mass is 347 g/mol. The Balaban J connectivity index is 0.00000220. The number of carbonyl (C=O) groups excluding carboxylic acids is 1. The topological polar surface area (TPSA) is 58.4 Å². The van der Waals surface area contributed by atoms with Crippen LogP contribution in [0.4, 0.5) is 0 Å². The van der Waals surface area contributed by atoms with Crippen molar-refractivity contribution in [1.82, 2.24) is 10.2 Å². The first kappa shape index (κ1) is 21.2. The summed E-state index contributed by atoms with van der Waals surface area (Å²) in [6, 6.07) is 8.99. The zero-order chi connectivity index (χ0) is 14.4. The SMILES string of the molecule is CC(CNC(=O)CCCN)N1CCc2ccccc2C1.Cl.Cl. The molecule has 1 atom stereocenters. The number of carbonyl (C=O) groups is 1. The highest BCUT2D eigenvalue weighted by molar-refractivity contribution is 5.85. The molecule has 1 amide bonds. The fourth-order valence-electron chi connectivity index (χ4n) is 2.64. The maximum Gasteiger partial charge on any atom is 0.220 e. The molecule has 0 aliphatic carbocycles. The standard InChI is InChI=1S/C16H25N3O.2ClH/c1-13(11-18-16(20)7-4-9-17)19-10-8-14-5-2-3-6-15(14)12-19;;/h2-3,5-6,13H,4,7-12,17H2,1H3,(H,18,20);2*1H. The Morgan fingerprint density at radius 2 is 2.00 bits per heavy atom. The molecule has 1 aliphatic heterocycles. The summed E-state index contributed by atoms with van der Waals surface area (Å²) < 4.78 is 0. The molecule has 6 heteroatoms. The summed E-state index contributed by atoms with van der Waals surface area (Å²) in [5.74, 6) is 0.111. The lowest BCUT2D eigenvalue weighted by atomic mass is 9.99. The minimum Gasteiger partial charge on any atom is -0.355 e. The maximum absolute atomic E-state index is 11.6. The largest absolute Gasteiger partial charge is 0.355 e. The quantitative estimate of drug-likeness (QED) is 0.828. The van der Waals surface area contributed by atoms with E-state index in [0.29, 0.717) is 25.6 Å². The van der Waals surface area contributed by atoms with E-state index in [1.807, 2.05) is 0 Å². The van der Waals surface area contributed by atoms with Gasteiger partial charge in [0.2, 0.25) is 5.91 Å². The maximum atomic E-state index is 11.6. The summed E-state index contributed by atoms with van der Waals surface area (Å²) >= 11 is 0. The van der Waals surface area contributed by atoms with Crippen molar-refractivity contribution in [2.45, 2.75) is 38.8 Å². The number of benzene rings is 1. The van der Waals surface area contributed by atoms with Gasteiger partial charge in [-0.2, -0.15) is 0 Å². The lowest BCUT2D eigenvalue weighted by molar-refractivity contribution is -0.121.